The standard InChI is InChI=1S/C15H15N3O/c16-14-4-2-10-9-11(1-3-13(10)14)15(19)18-12-5-7-17-8-6-12/h1,3,5-9,14H,2,4,16H2,(H,17,18,19)/t14-/m1/s1. The highest BCUT2D eigenvalue weighted by molar-refractivity contribution is 6.04. The van der Waals surface area contributed by atoms with Gasteiger partial charge in [0.05, 0.1) is 0 Å². The van der Waals surface area contributed by atoms with E-state index < -0.39 is 0 Å². The molecule has 0 bridgehead atoms. The van der Waals surface area contributed by atoms with Crippen molar-refractivity contribution in [3.05, 3.63) is 59.4 Å². The van der Waals surface area contributed by atoms with Crippen molar-refractivity contribution >= 4 is 11.6 Å². The summed E-state index contributed by atoms with van der Waals surface area (Å²) in [4.78, 5) is 16.0. The molecule has 0 radical (unpaired) electrons. The van der Waals surface area contributed by atoms with Crippen molar-refractivity contribution in [3.63, 3.8) is 0 Å². The number of nitrogens with two attached hydrogens (primary N) is 1. The summed E-state index contributed by atoms with van der Waals surface area (Å²) in [5.41, 5.74) is 9.76. The summed E-state index contributed by atoms with van der Waals surface area (Å²) in [5.74, 6) is -0.102. The average Bonchev–Trinajstić information content (AvgIpc) is 2.81. The molecule has 0 unspecified atom stereocenters. The Hall–Kier alpha value is -2.20. The van der Waals surface area contributed by atoms with Crippen LogP contribution in [0.4, 0.5) is 5.69 Å². The Bertz CT molecular complexity index is 610. The van der Waals surface area contributed by atoms with Gasteiger partial charge < -0.3 is 11.1 Å². The number of hydrogen-bond acceptors (Lipinski definition) is 3. The van der Waals surface area contributed by atoms with Crippen LogP contribution in [0.5, 0.6) is 0 Å². The molecule has 2 aromatic rings. The number of pyridine rings is 1. The largest absolute Gasteiger partial charge is 0.324 e. The first kappa shape index (κ1) is 11.9. The van der Waals surface area contributed by atoms with Crippen LogP contribution in [0.25, 0.3) is 0 Å². The van der Waals surface area contributed by atoms with Gasteiger partial charge in [-0.15, -0.1) is 0 Å². The molecule has 0 fully saturated rings. The maximum atomic E-state index is 12.1. The molecule has 0 saturated carbocycles. The minimum absolute atomic E-state index is 0.102. The van der Waals surface area contributed by atoms with E-state index in [0.29, 0.717) is 5.56 Å². The van der Waals surface area contributed by atoms with Crippen LogP contribution in [-0.4, -0.2) is 10.9 Å². The molecular weight excluding hydrogens is 238 g/mol. The zero-order valence-corrected chi connectivity index (χ0v) is 10.5. The first-order valence-electron chi connectivity index (χ1n) is 6.34. The van der Waals surface area contributed by atoms with Gasteiger partial charge in [-0.25, -0.2) is 0 Å². The maximum Gasteiger partial charge on any atom is 0.255 e. The molecule has 0 spiro atoms. The van der Waals surface area contributed by atoms with Crippen LogP contribution in [0.1, 0.15) is 33.9 Å². The molecule has 4 nitrogen and oxygen atoms in total. The van der Waals surface area contributed by atoms with E-state index in [1.165, 1.54) is 11.1 Å². The van der Waals surface area contributed by atoms with Crippen molar-refractivity contribution in [1.29, 1.82) is 0 Å². The molecule has 1 aromatic carbocycles. The van der Waals surface area contributed by atoms with Crippen molar-refractivity contribution in [2.75, 3.05) is 5.32 Å². The quantitative estimate of drug-likeness (QED) is 0.862. The van der Waals surface area contributed by atoms with E-state index in [0.717, 1.165) is 18.5 Å². The number of anilines is 1. The van der Waals surface area contributed by atoms with E-state index >= 15 is 0 Å². The number of carbonyl (C=O) groups excluding carboxylic acids is 1. The number of amides is 1. The summed E-state index contributed by atoms with van der Waals surface area (Å²) >= 11 is 0. The summed E-state index contributed by atoms with van der Waals surface area (Å²) < 4.78 is 0. The SMILES string of the molecule is N[C@@H]1CCc2cc(C(=O)Nc3ccncc3)ccc21. The molecule has 1 heterocycles. The van der Waals surface area contributed by atoms with E-state index in [4.69, 9.17) is 5.73 Å². The second kappa shape index (κ2) is 4.82. The Morgan fingerprint density at radius 2 is 2.05 bits per heavy atom. The predicted octanol–water partition coefficient (Wildman–Crippen LogP) is 2.28. The zero-order valence-electron chi connectivity index (χ0n) is 10.5. The van der Waals surface area contributed by atoms with Gasteiger partial charge >= 0.3 is 0 Å². The van der Waals surface area contributed by atoms with E-state index in [9.17, 15) is 4.79 Å². The minimum Gasteiger partial charge on any atom is -0.324 e. The van der Waals surface area contributed by atoms with Gasteiger partial charge in [0.15, 0.2) is 0 Å². The van der Waals surface area contributed by atoms with Crippen molar-refractivity contribution in [3.8, 4) is 0 Å². The lowest BCUT2D eigenvalue weighted by Crippen LogP contribution is -2.12. The summed E-state index contributed by atoms with van der Waals surface area (Å²) in [6.07, 6.45) is 5.21. The molecule has 3 rings (SSSR count). The zero-order chi connectivity index (χ0) is 13.2. The molecule has 0 aliphatic heterocycles. The monoisotopic (exact) mass is 253 g/mol. The van der Waals surface area contributed by atoms with Gasteiger partial charge in [0.2, 0.25) is 0 Å². The maximum absolute atomic E-state index is 12.1. The number of hydrogen-bond donors (Lipinski definition) is 2. The van der Waals surface area contributed by atoms with Crippen LogP contribution in [0.2, 0.25) is 0 Å². The Morgan fingerprint density at radius 1 is 1.26 bits per heavy atom. The third-order valence-corrected chi connectivity index (χ3v) is 3.47. The van der Waals surface area contributed by atoms with Gasteiger partial charge in [0.1, 0.15) is 0 Å². The third-order valence-electron chi connectivity index (χ3n) is 3.47. The van der Waals surface area contributed by atoms with Crippen molar-refractivity contribution in [2.45, 2.75) is 18.9 Å². The number of aryl methyl sites for hydroxylation is 1. The molecule has 4 heteroatoms. The number of aromatic nitrogens is 1. The Morgan fingerprint density at radius 3 is 2.84 bits per heavy atom. The van der Waals surface area contributed by atoms with Gasteiger partial charge in [-0.3, -0.25) is 9.78 Å². The van der Waals surface area contributed by atoms with Crippen LogP contribution in [0.3, 0.4) is 0 Å². The van der Waals surface area contributed by atoms with Crippen LogP contribution in [0, 0.1) is 0 Å². The number of nitrogens with zero attached hydrogens (tertiary/aromatic N) is 1. The molecule has 1 aliphatic rings. The Kier molecular flexibility index (Phi) is 3.01. The molecule has 3 N–H and O–H groups in total. The fourth-order valence-corrected chi connectivity index (χ4v) is 2.43. The van der Waals surface area contributed by atoms with Crippen molar-refractivity contribution in [2.24, 2.45) is 5.73 Å². The van der Waals surface area contributed by atoms with Crippen LogP contribution >= 0.6 is 0 Å². The minimum atomic E-state index is -0.102. The molecule has 1 aliphatic carbocycles. The number of carbonyl (C=O) groups is 1. The lowest BCUT2D eigenvalue weighted by atomic mass is 10.0. The summed E-state index contributed by atoms with van der Waals surface area (Å²) in [7, 11) is 0. The highest BCUT2D eigenvalue weighted by atomic mass is 16.1. The molecule has 1 aromatic heterocycles. The van der Waals surface area contributed by atoms with Gasteiger partial charge in [-0.2, -0.15) is 0 Å². The van der Waals surface area contributed by atoms with E-state index in [1.54, 1.807) is 24.5 Å². The van der Waals surface area contributed by atoms with Crippen molar-refractivity contribution < 1.29 is 4.79 Å². The van der Waals surface area contributed by atoms with Crippen LogP contribution < -0.4 is 11.1 Å². The molecular formula is C15H15N3O. The van der Waals surface area contributed by atoms with Crippen LogP contribution in [-0.2, 0) is 6.42 Å². The summed E-state index contributed by atoms with van der Waals surface area (Å²) in [6, 6.07) is 9.39. The van der Waals surface area contributed by atoms with Gasteiger partial charge in [-0.05, 0) is 48.2 Å². The molecule has 0 saturated heterocycles. The topological polar surface area (TPSA) is 68.0 Å². The summed E-state index contributed by atoms with van der Waals surface area (Å²) in [6.45, 7) is 0. The van der Waals surface area contributed by atoms with Crippen LogP contribution in [0.15, 0.2) is 42.7 Å². The second-order valence-electron chi connectivity index (χ2n) is 4.75. The lowest BCUT2D eigenvalue weighted by molar-refractivity contribution is 0.102. The van der Waals surface area contributed by atoms with Gasteiger partial charge in [0, 0.05) is 29.7 Å². The number of benzene rings is 1. The highest BCUT2D eigenvalue weighted by Crippen LogP contribution is 2.29. The number of nitrogens with one attached hydrogen (secondary N) is 1. The average molecular weight is 253 g/mol. The fraction of sp³-hybridized carbons (Fsp3) is 0.200. The molecule has 1 amide bonds. The van der Waals surface area contributed by atoms with Gasteiger partial charge in [0.25, 0.3) is 5.91 Å². The second-order valence-corrected chi connectivity index (χ2v) is 4.75. The Labute approximate surface area is 111 Å². The predicted molar refractivity (Wildman–Crippen MR) is 73.9 cm³/mol. The Balaban J connectivity index is 1.81. The van der Waals surface area contributed by atoms with E-state index in [1.807, 2.05) is 18.2 Å². The first-order valence-corrected chi connectivity index (χ1v) is 6.34. The smallest absolute Gasteiger partial charge is 0.255 e. The molecule has 19 heavy (non-hydrogen) atoms. The molecule has 1 atom stereocenters. The van der Waals surface area contributed by atoms with E-state index in [-0.39, 0.29) is 11.9 Å². The fourth-order valence-electron chi connectivity index (χ4n) is 2.43. The van der Waals surface area contributed by atoms with Gasteiger partial charge in [-0.1, -0.05) is 6.07 Å². The first-order chi connectivity index (χ1) is 9.24. The van der Waals surface area contributed by atoms with E-state index in [2.05, 4.69) is 10.3 Å². The number of rotatable bonds is 2. The highest BCUT2D eigenvalue weighted by Gasteiger charge is 2.20. The lowest BCUT2D eigenvalue weighted by Gasteiger charge is -2.08. The number of fused-ring (bicyclic) bond motifs is 1. The van der Waals surface area contributed by atoms with Crippen molar-refractivity contribution in [1.82, 2.24) is 4.98 Å². The summed E-state index contributed by atoms with van der Waals surface area (Å²) in [5, 5.41) is 2.85. The normalized spacial score (nSPS) is 17.0. The molecule has 96 valence electrons. The third kappa shape index (κ3) is 2.35.